The van der Waals surface area contributed by atoms with Gasteiger partial charge in [-0.1, -0.05) is 19.8 Å². The monoisotopic (exact) mass is 254 g/mol. The lowest BCUT2D eigenvalue weighted by molar-refractivity contribution is -0.137. The Morgan fingerprint density at radius 2 is 2.17 bits per heavy atom. The maximum atomic E-state index is 12.3. The molecule has 1 amide bonds. The van der Waals surface area contributed by atoms with Crippen molar-refractivity contribution in [1.29, 1.82) is 0 Å². The Bertz CT molecular complexity index is 277. The van der Waals surface area contributed by atoms with Gasteiger partial charge in [0.25, 0.3) is 0 Å². The van der Waals surface area contributed by atoms with Crippen molar-refractivity contribution in [2.75, 3.05) is 26.7 Å². The van der Waals surface area contributed by atoms with Crippen LogP contribution in [-0.2, 0) is 9.53 Å². The second-order valence-corrected chi connectivity index (χ2v) is 5.73. The van der Waals surface area contributed by atoms with Crippen molar-refractivity contribution in [3.05, 3.63) is 0 Å². The van der Waals surface area contributed by atoms with Gasteiger partial charge in [-0.25, -0.2) is 0 Å². The molecule has 104 valence electrons. The minimum absolute atomic E-state index is 0.0626. The number of carbonyl (C=O) groups is 1. The van der Waals surface area contributed by atoms with E-state index >= 15 is 0 Å². The predicted octanol–water partition coefficient (Wildman–Crippen LogP) is 1.40. The van der Waals surface area contributed by atoms with Gasteiger partial charge >= 0.3 is 0 Å². The average Bonchev–Trinajstić information content (AvgIpc) is 2.39. The Kier molecular flexibility index (Phi) is 5.01. The standard InChI is InChI=1S/C14H26N2O2/c1-11-5-3-4-6-13(11)16(2)14(17)9-12-10-15-7-8-18-12/h11-13,15H,3-10H2,1-2H3. The van der Waals surface area contributed by atoms with Crippen LogP contribution < -0.4 is 5.32 Å². The third kappa shape index (κ3) is 3.45. The van der Waals surface area contributed by atoms with Gasteiger partial charge in [0, 0.05) is 26.2 Å². The molecule has 18 heavy (non-hydrogen) atoms. The van der Waals surface area contributed by atoms with Crippen LogP contribution in [0, 0.1) is 5.92 Å². The van der Waals surface area contributed by atoms with Gasteiger partial charge in [0.15, 0.2) is 0 Å². The van der Waals surface area contributed by atoms with Gasteiger partial charge in [-0.15, -0.1) is 0 Å². The molecule has 3 unspecified atom stereocenters. The van der Waals surface area contributed by atoms with Crippen LogP contribution in [-0.4, -0.2) is 49.7 Å². The van der Waals surface area contributed by atoms with E-state index in [0.717, 1.165) is 26.1 Å². The first-order valence-corrected chi connectivity index (χ1v) is 7.26. The number of rotatable bonds is 3. The van der Waals surface area contributed by atoms with Crippen LogP contribution in [0.4, 0.5) is 0 Å². The first kappa shape index (κ1) is 13.8. The van der Waals surface area contributed by atoms with Gasteiger partial charge in [0.2, 0.25) is 5.91 Å². The molecule has 1 saturated heterocycles. The summed E-state index contributed by atoms with van der Waals surface area (Å²) in [5, 5.41) is 3.27. The molecule has 2 fully saturated rings. The fraction of sp³-hybridized carbons (Fsp3) is 0.929. The lowest BCUT2D eigenvalue weighted by Crippen LogP contribution is -2.46. The SMILES string of the molecule is CC1CCCCC1N(C)C(=O)CC1CNCCO1. The number of ether oxygens (including phenoxy) is 1. The van der Waals surface area contributed by atoms with E-state index in [2.05, 4.69) is 12.2 Å². The molecule has 1 aliphatic carbocycles. The first-order valence-electron chi connectivity index (χ1n) is 7.26. The molecule has 0 aromatic heterocycles. The third-order valence-electron chi connectivity index (χ3n) is 4.36. The Balaban J connectivity index is 1.83. The molecular weight excluding hydrogens is 228 g/mol. The Morgan fingerprint density at radius 3 is 2.83 bits per heavy atom. The van der Waals surface area contributed by atoms with Gasteiger partial charge in [-0.2, -0.15) is 0 Å². The van der Waals surface area contributed by atoms with Gasteiger partial charge in [0.05, 0.1) is 19.1 Å². The highest BCUT2D eigenvalue weighted by Gasteiger charge is 2.29. The summed E-state index contributed by atoms with van der Waals surface area (Å²) in [6.45, 7) is 4.70. The van der Waals surface area contributed by atoms with Crippen molar-refractivity contribution < 1.29 is 9.53 Å². The van der Waals surface area contributed by atoms with Gasteiger partial charge < -0.3 is 15.0 Å². The molecule has 0 aromatic rings. The molecule has 1 aliphatic heterocycles. The van der Waals surface area contributed by atoms with Crippen molar-refractivity contribution in [3.63, 3.8) is 0 Å². The molecule has 2 aliphatic rings. The lowest BCUT2D eigenvalue weighted by atomic mass is 9.85. The number of morpholine rings is 1. The van der Waals surface area contributed by atoms with E-state index in [1.54, 1.807) is 0 Å². The summed E-state index contributed by atoms with van der Waals surface area (Å²) >= 11 is 0. The summed E-state index contributed by atoms with van der Waals surface area (Å²) in [5.41, 5.74) is 0. The summed E-state index contributed by atoms with van der Waals surface area (Å²) in [5.74, 6) is 0.876. The molecule has 0 bridgehead atoms. The van der Waals surface area contributed by atoms with E-state index in [0.29, 0.717) is 18.4 Å². The number of hydrogen-bond acceptors (Lipinski definition) is 3. The zero-order valence-electron chi connectivity index (χ0n) is 11.7. The van der Waals surface area contributed by atoms with E-state index in [1.165, 1.54) is 19.3 Å². The van der Waals surface area contributed by atoms with E-state index in [-0.39, 0.29) is 12.0 Å². The maximum Gasteiger partial charge on any atom is 0.225 e. The molecule has 1 heterocycles. The van der Waals surface area contributed by atoms with Crippen LogP contribution in [0.25, 0.3) is 0 Å². The normalized spacial score (nSPS) is 33.1. The molecule has 4 nitrogen and oxygen atoms in total. The smallest absolute Gasteiger partial charge is 0.225 e. The summed E-state index contributed by atoms with van der Waals surface area (Å²) in [4.78, 5) is 14.2. The number of nitrogens with one attached hydrogen (secondary N) is 1. The van der Waals surface area contributed by atoms with Crippen molar-refractivity contribution in [3.8, 4) is 0 Å². The second kappa shape index (κ2) is 6.53. The summed E-state index contributed by atoms with van der Waals surface area (Å²) in [7, 11) is 1.96. The summed E-state index contributed by atoms with van der Waals surface area (Å²) in [6.07, 6.45) is 5.57. The Morgan fingerprint density at radius 1 is 1.39 bits per heavy atom. The number of nitrogens with zero attached hydrogens (tertiary/aromatic N) is 1. The van der Waals surface area contributed by atoms with Crippen molar-refractivity contribution in [2.45, 2.75) is 51.2 Å². The van der Waals surface area contributed by atoms with Gasteiger partial charge in [-0.05, 0) is 18.8 Å². The highest BCUT2D eigenvalue weighted by Crippen LogP contribution is 2.27. The van der Waals surface area contributed by atoms with Crippen molar-refractivity contribution in [1.82, 2.24) is 10.2 Å². The fourth-order valence-corrected chi connectivity index (χ4v) is 3.15. The number of carbonyl (C=O) groups excluding carboxylic acids is 1. The molecule has 0 aromatic carbocycles. The number of amides is 1. The first-order chi connectivity index (χ1) is 8.68. The average molecular weight is 254 g/mol. The van der Waals surface area contributed by atoms with Crippen LogP contribution in [0.2, 0.25) is 0 Å². The van der Waals surface area contributed by atoms with Crippen molar-refractivity contribution >= 4 is 5.91 Å². The molecule has 3 atom stereocenters. The lowest BCUT2D eigenvalue weighted by Gasteiger charge is -2.37. The highest BCUT2D eigenvalue weighted by atomic mass is 16.5. The van der Waals surface area contributed by atoms with Crippen LogP contribution in [0.3, 0.4) is 0 Å². The van der Waals surface area contributed by atoms with Crippen LogP contribution in [0.15, 0.2) is 0 Å². The van der Waals surface area contributed by atoms with Crippen molar-refractivity contribution in [2.24, 2.45) is 5.92 Å². The molecule has 0 spiro atoms. The number of hydrogen-bond donors (Lipinski definition) is 1. The largest absolute Gasteiger partial charge is 0.375 e. The molecule has 2 rings (SSSR count). The highest BCUT2D eigenvalue weighted by molar-refractivity contribution is 5.76. The minimum atomic E-state index is 0.0626. The van der Waals surface area contributed by atoms with E-state index in [9.17, 15) is 4.79 Å². The Hall–Kier alpha value is -0.610. The van der Waals surface area contributed by atoms with Crippen LogP contribution >= 0.6 is 0 Å². The minimum Gasteiger partial charge on any atom is -0.375 e. The van der Waals surface area contributed by atoms with Crippen LogP contribution in [0.5, 0.6) is 0 Å². The summed E-state index contributed by atoms with van der Waals surface area (Å²) < 4.78 is 5.60. The molecule has 1 saturated carbocycles. The molecule has 4 heteroatoms. The van der Waals surface area contributed by atoms with Gasteiger partial charge in [0.1, 0.15) is 0 Å². The van der Waals surface area contributed by atoms with Gasteiger partial charge in [-0.3, -0.25) is 4.79 Å². The predicted molar refractivity (Wildman–Crippen MR) is 71.4 cm³/mol. The molecule has 0 radical (unpaired) electrons. The summed E-state index contributed by atoms with van der Waals surface area (Å²) in [6, 6.07) is 0.433. The third-order valence-corrected chi connectivity index (χ3v) is 4.36. The molecule has 1 N–H and O–H groups in total. The van der Waals surface area contributed by atoms with E-state index < -0.39 is 0 Å². The molecular formula is C14H26N2O2. The fourth-order valence-electron chi connectivity index (χ4n) is 3.15. The van der Waals surface area contributed by atoms with E-state index in [4.69, 9.17) is 4.74 Å². The quantitative estimate of drug-likeness (QED) is 0.828. The Labute approximate surface area is 110 Å². The maximum absolute atomic E-state index is 12.3. The second-order valence-electron chi connectivity index (χ2n) is 5.73. The zero-order chi connectivity index (χ0) is 13.0. The topological polar surface area (TPSA) is 41.6 Å². The van der Waals surface area contributed by atoms with Crippen LogP contribution in [0.1, 0.15) is 39.0 Å². The van der Waals surface area contributed by atoms with E-state index in [1.807, 2.05) is 11.9 Å². The zero-order valence-corrected chi connectivity index (χ0v) is 11.7.